The van der Waals surface area contributed by atoms with Crippen LogP contribution in [0.15, 0.2) is 55.1 Å². The van der Waals surface area contributed by atoms with Crippen LogP contribution in [0.25, 0.3) is 0 Å². The molecule has 0 aliphatic rings. The van der Waals surface area contributed by atoms with E-state index in [4.69, 9.17) is 14.2 Å². The highest BCUT2D eigenvalue weighted by atomic mass is 16.5. The maximum absolute atomic E-state index is 10.5. The summed E-state index contributed by atoms with van der Waals surface area (Å²) < 4.78 is 15.9. The van der Waals surface area contributed by atoms with Gasteiger partial charge in [0.05, 0.1) is 14.2 Å². The normalized spacial score (nSPS) is 11.6. The van der Waals surface area contributed by atoms with E-state index in [2.05, 4.69) is 6.58 Å². The number of methoxy groups -OCH3 is 2. The summed E-state index contributed by atoms with van der Waals surface area (Å²) >= 11 is 0. The van der Waals surface area contributed by atoms with E-state index in [-0.39, 0.29) is 0 Å². The maximum atomic E-state index is 10.5. The standard InChI is InChI=1S/C18H20O4/c1-4-11-22-15-8-5-13(6-9-15)18(19)14-7-10-16(20-2)17(12-14)21-3/h4-10,12,18-19H,1,11H2,2-3H3. The van der Waals surface area contributed by atoms with E-state index >= 15 is 0 Å². The van der Waals surface area contributed by atoms with Gasteiger partial charge in [0.2, 0.25) is 0 Å². The van der Waals surface area contributed by atoms with E-state index in [1.807, 2.05) is 30.3 Å². The fourth-order valence-electron chi connectivity index (χ4n) is 2.12. The third kappa shape index (κ3) is 3.59. The predicted molar refractivity (Wildman–Crippen MR) is 85.7 cm³/mol. The quantitative estimate of drug-likeness (QED) is 0.797. The van der Waals surface area contributed by atoms with Gasteiger partial charge in [-0.3, -0.25) is 0 Å². The van der Waals surface area contributed by atoms with Crippen LogP contribution in [-0.2, 0) is 0 Å². The SMILES string of the molecule is C=CCOc1ccc(C(O)c2ccc(OC)c(OC)c2)cc1. The number of benzene rings is 2. The molecule has 22 heavy (non-hydrogen) atoms. The molecule has 1 unspecified atom stereocenters. The Labute approximate surface area is 130 Å². The van der Waals surface area contributed by atoms with Gasteiger partial charge < -0.3 is 19.3 Å². The summed E-state index contributed by atoms with van der Waals surface area (Å²) in [7, 11) is 3.15. The molecule has 0 fully saturated rings. The Kier molecular flexibility index (Phi) is 5.44. The number of aliphatic hydroxyl groups is 1. The van der Waals surface area contributed by atoms with Crippen LogP contribution in [0.4, 0.5) is 0 Å². The Hall–Kier alpha value is -2.46. The minimum atomic E-state index is -0.742. The Morgan fingerprint density at radius 1 is 1.00 bits per heavy atom. The Morgan fingerprint density at radius 3 is 2.23 bits per heavy atom. The number of rotatable bonds is 7. The van der Waals surface area contributed by atoms with Crippen molar-refractivity contribution in [1.82, 2.24) is 0 Å². The van der Waals surface area contributed by atoms with E-state index in [1.54, 1.807) is 32.4 Å². The van der Waals surface area contributed by atoms with E-state index in [0.29, 0.717) is 18.1 Å². The number of aliphatic hydroxyl groups excluding tert-OH is 1. The topological polar surface area (TPSA) is 47.9 Å². The minimum absolute atomic E-state index is 0.456. The van der Waals surface area contributed by atoms with Crippen LogP contribution in [-0.4, -0.2) is 25.9 Å². The summed E-state index contributed by atoms with van der Waals surface area (Å²) in [5.74, 6) is 1.96. The molecular weight excluding hydrogens is 280 g/mol. The van der Waals surface area contributed by atoms with Crippen molar-refractivity contribution >= 4 is 0 Å². The number of hydrogen-bond acceptors (Lipinski definition) is 4. The highest BCUT2D eigenvalue weighted by Gasteiger charge is 2.13. The molecule has 0 aliphatic carbocycles. The van der Waals surface area contributed by atoms with Crippen molar-refractivity contribution in [2.75, 3.05) is 20.8 Å². The number of ether oxygens (including phenoxy) is 3. The molecule has 0 aromatic heterocycles. The molecular formula is C18H20O4. The largest absolute Gasteiger partial charge is 0.493 e. The van der Waals surface area contributed by atoms with Crippen molar-refractivity contribution in [3.8, 4) is 17.2 Å². The molecule has 2 aromatic carbocycles. The van der Waals surface area contributed by atoms with Crippen LogP contribution in [0.3, 0.4) is 0 Å². The summed E-state index contributed by atoms with van der Waals surface area (Å²) in [5, 5.41) is 10.5. The molecule has 0 heterocycles. The maximum Gasteiger partial charge on any atom is 0.161 e. The van der Waals surface area contributed by atoms with Gasteiger partial charge in [0.25, 0.3) is 0 Å². The van der Waals surface area contributed by atoms with Crippen molar-refractivity contribution in [2.24, 2.45) is 0 Å². The minimum Gasteiger partial charge on any atom is -0.493 e. The lowest BCUT2D eigenvalue weighted by molar-refractivity contribution is 0.219. The van der Waals surface area contributed by atoms with Gasteiger partial charge in [0.15, 0.2) is 11.5 Å². The summed E-state index contributed by atoms with van der Waals surface area (Å²) in [6, 6.07) is 12.7. The molecule has 0 saturated heterocycles. The van der Waals surface area contributed by atoms with Crippen LogP contribution >= 0.6 is 0 Å². The van der Waals surface area contributed by atoms with Crippen LogP contribution in [0.2, 0.25) is 0 Å². The van der Waals surface area contributed by atoms with Crippen LogP contribution in [0.5, 0.6) is 17.2 Å². The molecule has 1 N–H and O–H groups in total. The summed E-state index contributed by atoms with van der Waals surface area (Å²) in [4.78, 5) is 0. The molecule has 0 spiro atoms. The second kappa shape index (κ2) is 7.52. The first kappa shape index (κ1) is 15.9. The zero-order chi connectivity index (χ0) is 15.9. The lowest BCUT2D eigenvalue weighted by Crippen LogP contribution is -2.01. The Bertz CT molecular complexity index is 619. The Morgan fingerprint density at radius 2 is 1.64 bits per heavy atom. The van der Waals surface area contributed by atoms with E-state index in [9.17, 15) is 5.11 Å². The van der Waals surface area contributed by atoms with Gasteiger partial charge in [-0.2, -0.15) is 0 Å². The molecule has 4 nitrogen and oxygen atoms in total. The molecule has 2 aromatic rings. The zero-order valence-corrected chi connectivity index (χ0v) is 12.8. The first-order chi connectivity index (χ1) is 10.7. The first-order valence-electron chi connectivity index (χ1n) is 6.93. The van der Waals surface area contributed by atoms with Crippen LogP contribution in [0.1, 0.15) is 17.2 Å². The van der Waals surface area contributed by atoms with E-state index < -0.39 is 6.10 Å². The van der Waals surface area contributed by atoms with Gasteiger partial charge in [-0.15, -0.1) is 0 Å². The second-order valence-corrected chi connectivity index (χ2v) is 4.69. The van der Waals surface area contributed by atoms with Gasteiger partial charge in [-0.1, -0.05) is 30.9 Å². The van der Waals surface area contributed by atoms with Gasteiger partial charge in [-0.25, -0.2) is 0 Å². The Balaban J connectivity index is 2.20. The van der Waals surface area contributed by atoms with Crippen molar-refractivity contribution in [3.05, 3.63) is 66.2 Å². The highest BCUT2D eigenvalue weighted by molar-refractivity contribution is 5.45. The van der Waals surface area contributed by atoms with E-state index in [0.717, 1.165) is 16.9 Å². The van der Waals surface area contributed by atoms with E-state index in [1.165, 1.54) is 0 Å². The van der Waals surface area contributed by atoms with Gasteiger partial charge >= 0.3 is 0 Å². The third-order valence-corrected chi connectivity index (χ3v) is 3.29. The molecule has 1 atom stereocenters. The van der Waals surface area contributed by atoms with Gasteiger partial charge in [-0.05, 0) is 35.4 Å². The average molecular weight is 300 g/mol. The fraction of sp³-hybridized carbons (Fsp3) is 0.222. The second-order valence-electron chi connectivity index (χ2n) is 4.69. The molecule has 0 bridgehead atoms. The van der Waals surface area contributed by atoms with Gasteiger partial charge in [0, 0.05) is 0 Å². The average Bonchev–Trinajstić information content (AvgIpc) is 2.59. The van der Waals surface area contributed by atoms with Gasteiger partial charge in [0.1, 0.15) is 18.5 Å². The lowest BCUT2D eigenvalue weighted by atomic mass is 10.0. The molecule has 0 amide bonds. The molecule has 0 saturated carbocycles. The van der Waals surface area contributed by atoms with Crippen molar-refractivity contribution < 1.29 is 19.3 Å². The van der Waals surface area contributed by atoms with Crippen molar-refractivity contribution in [2.45, 2.75) is 6.10 Å². The molecule has 0 radical (unpaired) electrons. The zero-order valence-electron chi connectivity index (χ0n) is 12.8. The smallest absolute Gasteiger partial charge is 0.161 e. The monoisotopic (exact) mass is 300 g/mol. The van der Waals surface area contributed by atoms with Crippen LogP contribution < -0.4 is 14.2 Å². The van der Waals surface area contributed by atoms with Crippen LogP contribution in [0, 0.1) is 0 Å². The van der Waals surface area contributed by atoms with Crippen molar-refractivity contribution in [3.63, 3.8) is 0 Å². The number of hydrogen-bond donors (Lipinski definition) is 1. The summed E-state index contributed by atoms with van der Waals surface area (Å²) in [5.41, 5.74) is 1.51. The molecule has 4 heteroatoms. The first-order valence-corrected chi connectivity index (χ1v) is 6.93. The predicted octanol–water partition coefficient (Wildman–Crippen LogP) is 3.35. The molecule has 2 rings (SSSR count). The summed E-state index contributed by atoms with van der Waals surface area (Å²) in [6.45, 7) is 4.06. The highest BCUT2D eigenvalue weighted by Crippen LogP contribution is 2.32. The van der Waals surface area contributed by atoms with Crippen molar-refractivity contribution in [1.29, 1.82) is 0 Å². The lowest BCUT2D eigenvalue weighted by Gasteiger charge is -2.15. The molecule has 116 valence electrons. The summed E-state index contributed by atoms with van der Waals surface area (Å²) in [6.07, 6.45) is 0.945. The fourth-order valence-corrected chi connectivity index (χ4v) is 2.12. The third-order valence-electron chi connectivity index (χ3n) is 3.29. The molecule has 0 aliphatic heterocycles.